The second-order valence-electron chi connectivity index (χ2n) is 4.78. The van der Waals surface area contributed by atoms with E-state index in [1.807, 2.05) is 0 Å². The Morgan fingerprint density at radius 2 is 1.96 bits per heavy atom. The topological polar surface area (TPSA) is 131 Å². The summed E-state index contributed by atoms with van der Waals surface area (Å²) in [6.07, 6.45) is 1.06. The van der Waals surface area contributed by atoms with Crippen molar-refractivity contribution >= 4 is 29.5 Å². The van der Waals surface area contributed by atoms with Gasteiger partial charge in [-0.1, -0.05) is 24.3 Å². The molecule has 0 amide bonds. The number of carbonyl (C=O) groups is 2. The molecular formula is C16H16N4O3. The van der Waals surface area contributed by atoms with Crippen molar-refractivity contribution in [2.45, 2.75) is 6.42 Å². The van der Waals surface area contributed by atoms with Gasteiger partial charge in [-0.3, -0.25) is 9.59 Å². The van der Waals surface area contributed by atoms with Crippen LogP contribution in [0.4, 0.5) is 11.4 Å². The number of nitrogens with two attached hydrogens (primary N) is 2. The van der Waals surface area contributed by atoms with Crippen molar-refractivity contribution in [3.05, 3.63) is 59.2 Å². The zero-order valence-electron chi connectivity index (χ0n) is 12.2. The Bertz CT molecular complexity index is 772. The van der Waals surface area contributed by atoms with Crippen molar-refractivity contribution in [3.8, 4) is 0 Å². The second kappa shape index (κ2) is 7.08. The Morgan fingerprint density at radius 1 is 1.22 bits per heavy atom. The average Bonchev–Trinajstić information content (AvgIpc) is 2.54. The standard InChI is InChI=1S/C16H16N4O3/c17-15-10(8-14(21)22)3-2-6-13(15)16(23)11-4-1-5-12(7-11)19-9-20-18/h1-7,9H,8,17-18H2,(H,19,20)(H,21,22). The molecule has 7 heteroatoms. The molecule has 2 aromatic rings. The van der Waals surface area contributed by atoms with E-state index < -0.39 is 5.97 Å². The van der Waals surface area contributed by atoms with Gasteiger partial charge < -0.3 is 22.0 Å². The molecule has 0 radical (unpaired) electrons. The van der Waals surface area contributed by atoms with Crippen LogP contribution >= 0.6 is 0 Å². The number of aliphatic carboxylic acids is 1. The SMILES string of the molecule is NN=CNc1cccc(C(=O)c2cccc(CC(=O)O)c2N)c1. The Morgan fingerprint density at radius 3 is 2.65 bits per heavy atom. The third kappa shape index (κ3) is 3.85. The van der Waals surface area contributed by atoms with Crippen LogP contribution in [0.25, 0.3) is 0 Å². The summed E-state index contributed by atoms with van der Waals surface area (Å²) in [6.45, 7) is 0. The van der Waals surface area contributed by atoms with Crippen LogP contribution < -0.4 is 16.9 Å². The number of carbonyl (C=O) groups excluding carboxylic acids is 1. The van der Waals surface area contributed by atoms with E-state index in [0.29, 0.717) is 16.8 Å². The number of nitrogens with zero attached hydrogens (tertiary/aromatic N) is 1. The van der Waals surface area contributed by atoms with Crippen molar-refractivity contribution in [1.29, 1.82) is 0 Å². The normalized spacial score (nSPS) is 10.6. The van der Waals surface area contributed by atoms with E-state index in [1.165, 1.54) is 6.34 Å². The van der Waals surface area contributed by atoms with Crippen molar-refractivity contribution in [2.24, 2.45) is 10.9 Å². The molecule has 0 bridgehead atoms. The molecule has 0 unspecified atom stereocenters. The number of rotatable bonds is 6. The first-order valence-electron chi connectivity index (χ1n) is 6.75. The molecule has 0 aliphatic heterocycles. The minimum Gasteiger partial charge on any atom is -0.481 e. The lowest BCUT2D eigenvalue weighted by atomic mass is 9.97. The van der Waals surface area contributed by atoms with Crippen molar-refractivity contribution in [1.82, 2.24) is 0 Å². The van der Waals surface area contributed by atoms with Gasteiger partial charge in [0.15, 0.2) is 5.78 Å². The molecule has 0 aliphatic carbocycles. The van der Waals surface area contributed by atoms with Crippen LogP contribution in [0.5, 0.6) is 0 Å². The number of hydrogen-bond acceptors (Lipinski definition) is 5. The van der Waals surface area contributed by atoms with Crippen LogP contribution in [-0.2, 0) is 11.2 Å². The van der Waals surface area contributed by atoms with E-state index in [-0.39, 0.29) is 23.5 Å². The van der Waals surface area contributed by atoms with Gasteiger partial charge in [0.2, 0.25) is 0 Å². The Labute approximate surface area is 132 Å². The summed E-state index contributed by atoms with van der Waals surface area (Å²) in [5, 5.41) is 15.0. The highest BCUT2D eigenvalue weighted by Crippen LogP contribution is 2.22. The zero-order valence-corrected chi connectivity index (χ0v) is 12.2. The smallest absolute Gasteiger partial charge is 0.307 e. The van der Waals surface area contributed by atoms with E-state index in [4.69, 9.17) is 16.7 Å². The molecule has 7 nitrogen and oxygen atoms in total. The molecule has 0 spiro atoms. The molecule has 0 aromatic heterocycles. The predicted octanol–water partition coefficient (Wildman–Crippen LogP) is 1.44. The quantitative estimate of drug-likeness (QED) is 0.159. The lowest BCUT2D eigenvalue weighted by molar-refractivity contribution is -0.136. The summed E-state index contributed by atoms with van der Waals surface area (Å²) in [7, 11) is 0. The van der Waals surface area contributed by atoms with E-state index >= 15 is 0 Å². The monoisotopic (exact) mass is 312 g/mol. The van der Waals surface area contributed by atoms with Gasteiger partial charge in [-0.25, -0.2) is 0 Å². The first-order valence-corrected chi connectivity index (χ1v) is 6.75. The molecule has 0 aliphatic rings. The minimum absolute atomic E-state index is 0.182. The fourth-order valence-corrected chi connectivity index (χ4v) is 2.15. The lowest BCUT2D eigenvalue weighted by Crippen LogP contribution is -2.10. The molecule has 2 aromatic carbocycles. The van der Waals surface area contributed by atoms with E-state index in [9.17, 15) is 9.59 Å². The Kier molecular flexibility index (Phi) is 4.93. The van der Waals surface area contributed by atoms with Crippen LogP contribution in [0.2, 0.25) is 0 Å². The van der Waals surface area contributed by atoms with Gasteiger partial charge >= 0.3 is 5.97 Å². The molecule has 118 valence electrons. The molecule has 0 atom stereocenters. The summed E-state index contributed by atoms with van der Waals surface area (Å²) in [6, 6.07) is 11.5. The van der Waals surface area contributed by atoms with Crippen LogP contribution in [0, 0.1) is 0 Å². The molecule has 0 saturated carbocycles. The second-order valence-corrected chi connectivity index (χ2v) is 4.78. The minimum atomic E-state index is -1.01. The maximum atomic E-state index is 12.6. The first-order chi connectivity index (χ1) is 11.0. The van der Waals surface area contributed by atoms with Gasteiger partial charge in [0.25, 0.3) is 0 Å². The summed E-state index contributed by atoms with van der Waals surface area (Å²) >= 11 is 0. The number of benzene rings is 2. The molecule has 0 saturated heterocycles. The van der Waals surface area contributed by atoms with Gasteiger partial charge in [-0.2, -0.15) is 5.10 Å². The van der Waals surface area contributed by atoms with Crippen LogP contribution in [0.15, 0.2) is 47.6 Å². The molecular weight excluding hydrogens is 296 g/mol. The number of carboxylic acids is 1. The fourth-order valence-electron chi connectivity index (χ4n) is 2.15. The summed E-state index contributed by atoms with van der Waals surface area (Å²) in [4.78, 5) is 23.5. The zero-order chi connectivity index (χ0) is 16.8. The Hall–Kier alpha value is -3.35. The van der Waals surface area contributed by atoms with E-state index in [2.05, 4.69) is 10.4 Å². The molecule has 2 rings (SSSR count). The van der Waals surface area contributed by atoms with Gasteiger partial charge in [0.1, 0.15) is 6.34 Å². The molecule has 0 fully saturated rings. The number of nitrogens with one attached hydrogen (secondary N) is 1. The number of hydrogen-bond donors (Lipinski definition) is 4. The molecule has 6 N–H and O–H groups in total. The maximum Gasteiger partial charge on any atom is 0.307 e. The molecule has 0 heterocycles. The highest BCUT2D eigenvalue weighted by molar-refractivity contribution is 6.13. The number of anilines is 2. The van der Waals surface area contributed by atoms with E-state index in [0.717, 1.165) is 0 Å². The summed E-state index contributed by atoms with van der Waals surface area (Å²) < 4.78 is 0. The third-order valence-electron chi connectivity index (χ3n) is 3.21. The van der Waals surface area contributed by atoms with Gasteiger partial charge in [-0.05, 0) is 23.8 Å². The van der Waals surface area contributed by atoms with Crippen molar-refractivity contribution in [3.63, 3.8) is 0 Å². The number of para-hydroxylation sites is 1. The highest BCUT2D eigenvalue weighted by Gasteiger charge is 2.16. The largest absolute Gasteiger partial charge is 0.481 e. The average molecular weight is 312 g/mol. The fraction of sp³-hybridized carbons (Fsp3) is 0.0625. The van der Waals surface area contributed by atoms with Crippen molar-refractivity contribution < 1.29 is 14.7 Å². The highest BCUT2D eigenvalue weighted by atomic mass is 16.4. The maximum absolute atomic E-state index is 12.6. The summed E-state index contributed by atoms with van der Waals surface area (Å²) in [5.41, 5.74) is 7.87. The van der Waals surface area contributed by atoms with E-state index in [1.54, 1.807) is 42.5 Å². The number of ketones is 1. The first kappa shape index (κ1) is 16.0. The van der Waals surface area contributed by atoms with Gasteiger partial charge in [0.05, 0.1) is 6.42 Å². The molecule has 23 heavy (non-hydrogen) atoms. The number of carboxylic acid groups (broad SMARTS) is 1. The summed E-state index contributed by atoms with van der Waals surface area (Å²) in [5.74, 6) is 3.72. The number of nitrogen functional groups attached to an aromatic ring is 1. The van der Waals surface area contributed by atoms with Crippen LogP contribution in [0.3, 0.4) is 0 Å². The van der Waals surface area contributed by atoms with Gasteiger partial charge in [0, 0.05) is 22.5 Å². The van der Waals surface area contributed by atoms with Crippen LogP contribution in [0.1, 0.15) is 21.5 Å². The van der Waals surface area contributed by atoms with Gasteiger partial charge in [-0.15, -0.1) is 0 Å². The lowest BCUT2D eigenvalue weighted by Gasteiger charge is -2.10. The predicted molar refractivity (Wildman–Crippen MR) is 88.4 cm³/mol. The Balaban J connectivity index is 2.35. The third-order valence-corrected chi connectivity index (χ3v) is 3.21. The van der Waals surface area contributed by atoms with Crippen LogP contribution in [-0.4, -0.2) is 23.2 Å². The van der Waals surface area contributed by atoms with Crippen molar-refractivity contribution in [2.75, 3.05) is 11.1 Å². The number of hydrazone groups is 1.